The maximum atomic E-state index is 11.7. The van der Waals surface area contributed by atoms with Crippen LogP contribution in [0.3, 0.4) is 0 Å². The molecule has 0 aliphatic carbocycles. The summed E-state index contributed by atoms with van der Waals surface area (Å²) in [7, 11) is 0. The molecule has 1 aromatic carbocycles. The quantitative estimate of drug-likeness (QED) is 0.820. The standard InChI is InChI=1S/C15H21N3OS/c1-2-7-16-15(19)17-14-6-4-3-5-13(14)12-18-8-10-20-11-9-18/h2-6H,1,7-12H2,(H2,16,17,19). The Hall–Kier alpha value is -1.46. The molecule has 0 atom stereocenters. The molecule has 0 unspecified atom stereocenters. The van der Waals surface area contributed by atoms with Crippen LogP contribution in [0.5, 0.6) is 0 Å². The van der Waals surface area contributed by atoms with E-state index in [9.17, 15) is 4.79 Å². The molecule has 5 heteroatoms. The van der Waals surface area contributed by atoms with Gasteiger partial charge in [0.05, 0.1) is 0 Å². The number of hydrogen-bond donors (Lipinski definition) is 2. The Morgan fingerprint density at radius 1 is 1.35 bits per heavy atom. The van der Waals surface area contributed by atoms with Gasteiger partial charge in [-0.1, -0.05) is 24.3 Å². The first kappa shape index (κ1) is 14.9. The highest BCUT2D eigenvalue weighted by Gasteiger charge is 2.13. The van der Waals surface area contributed by atoms with Gasteiger partial charge in [-0.3, -0.25) is 4.90 Å². The summed E-state index contributed by atoms with van der Waals surface area (Å²) in [5.74, 6) is 2.38. The molecule has 0 saturated carbocycles. The Balaban J connectivity index is 1.97. The number of rotatable bonds is 5. The molecule has 2 amide bonds. The van der Waals surface area contributed by atoms with Gasteiger partial charge >= 0.3 is 6.03 Å². The number of para-hydroxylation sites is 1. The van der Waals surface area contributed by atoms with Crippen molar-refractivity contribution in [1.82, 2.24) is 10.2 Å². The number of amides is 2. The molecule has 0 aromatic heterocycles. The van der Waals surface area contributed by atoms with Gasteiger partial charge < -0.3 is 10.6 Å². The Morgan fingerprint density at radius 2 is 2.10 bits per heavy atom. The molecule has 20 heavy (non-hydrogen) atoms. The Kier molecular flexibility index (Phi) is 5.95. The molecule has 108 valence electrons. The average Bonchev–Trinajstić information content (AvgIpc) is 2.48. The van der Waals surface area contributed by atoms with Gasteiger partial charge in [0.15, 0.2) is 0 Å². The van der Waals surface area contributed by atoms with Crippen LogP contribution in [0.1, 0.15) is 5.56 Å². The van der Waals surface area contributed by atoms with E-state index in [1.54, 1.807) is 6.08 Å². The van der Waals surface area contributed by atoms with Crippen molar-refractivity contribution < 1.29 is 4.79 Å². The SMILES string of the molecule is C=CCNC(=O)Nc1ccccc1CN1CCSCC1. The van der Waals surface area contributed by atoms with E-state index in [-0.39, 0.29) is 6.03 Å². The minimum absolute atomic E-state index is 0.188. The second-order valence-electron chi connectivity index (χ2n) is 4.67. The minimum Gasteiger partial charge on any atom is -0.334 e. The first-order valence-electron chi connectivity index (χ1n) is 6.83. The summed E-state index contributed by atoms with van der Waals surface area (Å²) in [6.45, 7) is 7.17. The number of benzene rings is 1. The van der Waals surface area contributed by atoms with E-state index in [4.69, 9.17) is 0 Å². The molecule has 1 aromatic rings. The molecular weight excluding hydrogens is 270 g/mol. The predicted molar refractivity (Wildman–Crippen MR) is 86.3 cm³/mol. The van der Waals surface area contributed by atoms with Crippen molar-refractivity contribution in [1.29, 1.82) is 0 Å². The first-order valence-corrected chi connectivity index (χ1v) is 7.99. The fourth-order valence-corrected chi connectivity index (χ4v) is 3.09. The Bertz CT molecular complexity index is 458. The smallest absolute Gasteiger partial charge is 0.319 e. The van der Waals surface area contributed by atoms with Gasteiger partial charge in [-0.2, -0.15) is 11.8 Å². The summed E-state index contributed by atoms with van der Waals surface area (Å²) in [4.78, 5) is 14.2. The minimum atomic E-state index is -0.188. The first-order chi connectivity index (χ1) is 9.79. The molecule has 0 radical (unpaired) electrons. The van der Waals surface area contributed by atoms with Crippen molar-refractivity contribution in [2.75, 3.05) is 36.5 Å². The number of nitrogens with one attached hydrogen (secondary N) is 2. The highest BCUT2D eigenvalue weighted by atomic mass is 32.2. The van der Waals surface area contributed by atoms with Crippen LogP contribution >= 0.6 is 11.8 Å². The topological polar surface area (TPSA) is 44.4 Å². The van der Waals surface area contributed by atoms with Gasteiger partial charge in [0.1, 0.15) is 0 Å². The normalized spacial score (nSPS) is 15.6. The summed E-state index contributed by atoms with van der Waals surface area (Å²) >= 11 is 2.00. The molecule has 1 saturated heterocycles. The number of anilines is 1. The van der Waals surface area contributed by atoms with Crippen molar-refractivity contribution in [3.8, 4) is 0 Å². The van der Waals surface area contributed by atoms with E-state index in [1.165, 1.54) is 11.5 Å². The zero-order chi connectivity index (χ0) is 14.2. The van der Waals surface area contributed by atoms with Gasteiger partial charge in [-0.05, 0) is 11.6 Å². The van der Waals surface area contributed by atoms with Crippen LogP contribution in [0.15, 0.2) is 36.9 Å². The van der Waals surface area contributed by atoms with Crippen LogP contribution in [-0.2, 0) is 6.54 Å². The van der Waals surface area contributed by atoms with Crippen LogP contribution in [0.2, 0.25) is 0 Å². The summed E-state index contributed by atoms with van der Waals surface area (Å²) in [6, 6.07) is 7.79. The number of carbonyl (C=O) groups excluding carboxylic acids is 1. The van der Waals surface area contributed by atoms with E-state index < -0.39 is 0 Å². The molecule has 1 fully saturated rings. The van der Waals surface area contributed by atoms with E-state index in [0.29, 0.717) is 6.54 Å². The fraction of sp³-hybridized carbons (Fsp3) is 0.400. The van der Waals surface area contributed by atoms with Crippen molar-refractivity contribution >= 4 is 23.5 Å². The Morgan fingerprint density at radius 3 is 2.85 bits per heavy atom. The molecule has 1 aliphatic rings. The highest BCUT2D eigenvalue weighted by molar-refractivity contribution is 7.99. The number of urea groups is 1. The summed E-state index contributed by atoms with van der Waals surface area (Å²) in [5.41, 5.74) is 2.04. The fourth-order valence-electron chi connectivity index (χ4n) is 2.11. The summed E-state index contributed by atoms with van der Waals surface area (Å²) in [5, 5.41) is 5.63. The molecule has 1 heterocycles. The van der Waals surface area contributed by atoms with Crippen LogP contribution < -0.4 is 10.6 Å². The predicted octanol–water partition coefficient (Wildman–Crippen LogP) is 2.54. The molecule has 1 aliphatic heterocycles. The molecular formula is C15H21N3OS. The van der Waals surface area contributed by atoms with E-state index in [2.05, 4.69) is 28.2 Å². The second kappa shape index (κ2) is 7.97. The van der Waals surface area contributed by atoms with Crippen molar-refractivity contribution in [2.24, 2.45) is 0 Å². The van der Waals surface area contributed by atoms with Gasteiger partial charge in [-0.15, -0.1) is 6.58 Å². The van der Waals surface area contributed by atoms with Crippen molar-refractivity contribution in [2.45, 2.75) is 6.54 Å². The highest BCUT2D eigenvalue weighted by Crippen LogP contribution is 2.19. The van der Waals surface area contributed by atoms with Gasteiger partial charge in [0.25, 0.3) is 0 Å². The zero-order valence-corrected chi connectivity index (χ0v) is 12.4. The monoisotopic (exact) mass is 291 g/mol. The second-order valence-corrected chi connectivity index (χ2v) is 5.89. The maximum absolute atomic E-state index is 11.7. The van der Waals surface area contributed by atoms with Crippen molar-refractivity contribution in [3.63, 3.8) is 0 Å². The third kappa shape index (κ3) is 4.58. The molecule has 0 spiro atoms. The molecule has 2 N–H and O–H groups in total. The van der Waals surface area contributed by atoms with Gasteiger partial charge in [-0.25, -0.2) is 4.79 Å². The lowest BCUT2D eigenvalue weighted by Crippen LogP contribution is -2.33. The summed E-state index contributed by atoms with van der Waals surface area (Å²) < 4.78 is 0. The van der Waals surface area contributed by atoms with E-state index in [1.807, 2.05) is 30.0 Å². The number of carbonyl (C=O) groups is 1. The van der Waals surface area contributed by atoms with Crippen LogP contribution in [0.4, 0.5) is 10.5 Å². The Labute approximate surface area is 124 Å². The zero-order valence-electron chi connectivity index (χ0n) is 11.6. The van der Waals surface area contributed by atoms with E-state index in [0.717, 1.165) is 30.9 Å². The lowest BCUT2D eigenvalue weighted by Gasteiger charge is -2.27. The number of thioether (sulfide) groups is 1. The lowest BCUT2D eigenvalue weighted by molar-refractivity contribution is 0.253. The van der Waals surface area contributed by atoms with Gasteiger partial charge in [0, 0.05) is 43.4 Å². The number of hydrogen-bond acceptors (Lipinski definition) is 3. The average molecular weight is 291 g/mol. The largest absolute Gasteiger partial charge is 0.334 e. The third-order valence-corrected chi connectivity index (χ3v) is 4.11. The van der Waals surface area contributed by atoms with E-state index >= 15 is 0 Å². The van der Waals surface area contributed by atoms with Crippen LogP contribution in [0, 0.1) is 0 Å². The molecule has 0 bridgehead atoms. The van der Waals surface area contributed by atoms with Crippen LogP contribution in [0.25, 0.3) is 0 Å². The van der Waals surface area contributed by atoms with Gasteiger partial charge in [0.2, 0.25) is 0 Å². The number of nitrogens with zero attached hydrogens (tertiary/aromatic N) is 1. The lowest BCUT2D eigenvalue weighted by atomic mass is 10.1. The van der Waals surface area contributed by atoms with Crippen LogP contribution in [-0.4, -0.2) is 42.1 Å². The van der Waals surface area contributed by atoms with Crippen molar-refractivity contribution in [3.05, 3.63) is 42.5 Å². The molecule has 2 rings (SSSR count). The third-order valence-electron chi connectivity index (χ3n) is 3.17. The molecule has 4 nitrogen and oxygen atoms in total. The maximum Gasteiger partial charge on any atom is 0.319 e. The summed E-state index contributed by atoms with van der Waals surface area (Å²) in [6.07, 6.45) is 1.66.